The highest BCUT2D eigenvalue weighted by Gasteiger charge is 2.41. The van der Waals surface area contributed by atoms with Gasteiger partial charge in [0.1, 0.15) is 0 Å². The molecule has 2 aromatic heterocycles. The van der Waals surface area contributed by atoms with Gasteiger partial charge in [0.2, 0.25) is 0 Å². The van der Waals surface area contributed by atoms with Gasteiger partial charge in [-0.3, -0.25) is 4.79 Å². The van der Waals surface area contributed by atoms with Gasteiger partial charge in [-0.15, -0.1) is 22.7 Å². The molecule has 4 rings (SSSR count). The van der Waals surface area contributed by atoms with E-state index in [1.165, 1.54) is 30.7 Å². The van der Waals surface area contributed by atoms with Gasteiger partial charge in [-0.05, 0) is 43.2 Å². The number of nitrogens with zero attached hydrogens (tertiary/aromatic N) is 1. The van der Waals surface area contributed by atoms with Crippen molar-refractivity contribution in [2.45, 2.75) is 38.0 Å². The maximum Gasteiger partial charge on any atom is 0.308 e. The number of hydrogen-bond acceptors (Lipinski definition) is 4. The summed E-state index contributed by atoms with van der Waals surface area (Å²) in [6.07, 6.45) is 5.64. The van der Waals surface area contributed by atoms with Crippen LogP contribution >= 0.6 is 22.7 Å². The number of hydrogen-bond donors (Lipinski definition) is 1. The SMILES string of the molecule is O=C(O)Cc1ccc(-c2csc(C3CC4CCC3C4)n2)s1. The fourth-order valence-corrected chi connectivity index (χ4v) is 5.94. The van der Waals surface area contributed by atoms with E-state index >= 15 is 0 Å². The topological polar surface area (TPSA) is 50.2 Å². The summed E-state index contributed by atoms with van der Waals surface area (Å²) in [7, 11) is 0. The third-order valence-corrected chi connectivity index (χ3v) is 6.90. The van der Waals surface area contributed by atoms with Crippen LogP contribution in [-0.2, 0) is 11.2 Å². The molecule has 2 bridgehead atoms. The number of thiophene rings is 1. The highest BCUT2D eigenvalue weighted by Crippen LogP contribution is 2.53. The molecule has 110 valence electrons. The normalized spacial score (nSPS) is 27.3. The molecule has 3 unspecified atom stereocenters. The highest BCUT2D eigenvalue weighted by atomic mass is 32.1. The molecule has 21 heavy (non-hydrogen) atoms. The first-order valence-electron chi connectivity index (χ1n) is 7.45. The summed E-state index contributed by atoms with van der Waals surface area (Å²) in [6.45, 7) is 0. The van der Waals surface area contributed by atoms with Gasteiger partial charge in [0.25, 0.3) is 0 Å². The molecule has 2 saturated carbocycles. The summed E-state index contributed by atoms with van der Waals surface area (Å²) in [5.74, 6) is 1.71. The second-order valence-corrected chi connectivity index (χ2v) is 8.25. The van der Waals surface area contributed by atoms with Crippen LogP contribution in [0.5, 0.6) is 0 Å². The van der Waals surface area contributed by atoms with Crippen molar-refractivity contribution < 1.29 is 9.90 Å². The van der Waals surface area contributed by atoms with Crippen molar-refractivity contribution in [1.82, 2.24) is 4.98 Å². The van der Waals surface area contributed by atoms with E-state index in [1.807, 2.05) is 12.1 Å². The van der Waals surface area contributed by atoms with Gasteiger partial charge in [0.15, 0.2) is 0 Å². The van der Waals surface area contributed by atoms with Gasteiger partial charge in [-0.1, -0.05) is 6.42 Å². The van der Waals surface area contributed by atoms with E-state index in [2.05, 4.69) is 5.38 Å². The maximum atomic E-state index is 10.8. The number of fused-ring (bicyclic) bond motifs is 2. The lowest BCUT2D eigenvalue weighted by Crippen LogP contribution is -2.07. The van der Waals surface area contributed by atoms with Crippen LogP contribution in [0.25, 0.3) is 10.6 Å². The first kappa shape index (κ1) is 13.5. The quantitative estimate of drug-likeness (QED) is 0.908. The third kappa shape index (κ3) is 2.53. The van der Waals surface area contributed by atoms with Crippen molar-refractivity contribution in [3.8, 4) is 10.6 Å². The lowest BCUT2D eigenvalue weighted by atomic mass is 9.89. The number of rotatable bonds is 4. The van der Waals surface area contributed by atoms with Crippen LogP contribution in [0.15, 0.2) is 17.5 Å². The summed E-state index contributed by atoms with van der Waals surface area (Å²) in [5, 5.41) is 12.3. The Kier molecular flexibility index (Phi) is 3.34. The largest absolute Gasteiger partial charge is 0.481 e. The summed E-state index contributed by atoms with van der Waals surface area (Å²) >= 11 is 3.33. The second kappa shape index (κ2) is 5.21. The Hall–Kier alpha value is -1.20. The molecule has 2 heterocycles. The Morgan fingerprint density at radius 2 is 2.24 bits per heavy atom. The molecule has 3 atom stereocenters. The molecular formula is C16H17NO2S2. The molecule has 0 spiro atoms. The van der Waals surface area contributed by atoms with Crippen molar-refractivity contribution in [3.05, 3.63) is 27.4 Å². The standard InChI is InChI=1S/C16H17NO2S2/c18-15(19)7-11-3-4-14(21-11)13-8-20-16(17-13)12-6-9-1-2-10(12)5-9/h3-4,8-10,12H,1-2,5-7H2,(H,18,19). The predicted molar refractivity (Wildman–Crippen MR) is 85.0 cm³/mol. The monoisotopic (exact) mass is 319 g/mol. The third-order valence-electron chi connectivity index (χ3n) is 4.82. The maximum absolute atomic E-state index is 10.8. The molecule has 0 saturated heterocycles. The molecule has 2 aliphatic carbocycles. The lowest BCUT2D eigenvalue weighted by Gasteiger charge is -2.18. The van der Waals surface area contributed by atoms with E-state index in [9.17, 15) is 4.79 Å². The van der Waals surface area contributed by atoms with Crippen LogP contribution in [0.1, 0.15) is 41.5 Å². The Morgan fingerprint density at radius 3 is 2.95 bits per heavy atom. The van der Waals surface area contributed by atoms with Gasteiger partial charge >= 0.3 is 5.97 Å². The number of carbonyl (C=O) groups is 1. The molecule has 0 aliphatic heterocycles. The van der Waals surface area contributed by atoms with Crippen LogP contribution in [-0.4, -0.2) is 16.1 Å². The average Bonchev–Trinajstić information content (AvgIpc) is 3.21. The minimum absolute atomic E-state index is 0.105. The summed E-state index contributed by atoms with van der Waals surface area (Å²) in [4.78, 5) is 17.6. The Bertz CT molecular complexity index is 675. The predicted octanol–water partition coefficient (Wildman–Crippen LogP) is 4.40. The Balaban J connectivity index is 1.54. The number of aromatic nitrogens is 1. The summed E-state index contributed by atoms with van der Waals surface area (Å²) in [5.41, 5.74) is 1.03. The average molecular weight is 319 g/mol. The smallest absolute Gasteiger partial charge is 0.308 e. The molecule has 0 amide bonds. The van der Waals surface area contributed by atoms with Crippen LogP contribution in [0.3, 0.4) is 0 Å². The van der Waals surface area contributed by atoms with Gasteiger partial charge in [0.05, 0.1) is 22.0 Å². The molecule has 2 aromatic rings. The van der Waals surface area contributed by atoms with E-state index in [1.54, 1.807) is 22.7 Å². The van der Waals surface area contributed by atoms with Crippen LogP contribution in [0.4, 0.5) is 0 Å². The fraction of sp³-hybridized carbons (Fsp3) is 0.500. The van der Waals surface area contributed by atoms with Crippen molar-refractivity contribution in [1.29, 1.82) is 0 Å². The van der Waals surface area contributed by atoms with E-state index in [0.717, 1.165) is 27.3 Å². The van der Waals surface area contributed by atoms with Crippen molar-refractivity contribution in [3.63, 3.8) is 0 Å². The van der Waals surface area contributed by atoms with Gasteiger partial charge in [0, 0.05) is 16.2 Å². The first-order chi connectivity index (χ1) is 10.2. The Labute approximate surface area is 131 Å². The highest BCUT2D eigenvalue weighted by molar-refractivity contribution is 7.16. The van der Waals surface area contributed by atoms with E-state index in [0.29, 0.717) is 5.92 Å². The minimum atomic E-state index is -0.774. The van der Waals surface area contributed by atoms with Gasteiger partial charge in [-0.2, -0.15) is 0 Å². The van der Waals surface area contributed by atoms with Gasteiger partial charge < -0.3 is 5.11 Å². The molecule has 0 aromatic carbocycles. The molecule has 3 nitrogen and oxygen atoms in total. The molecule has 5 heteroatoms. The fourth-order valence-electron chi connectivity index (χ4n) is 3.88. The summed E-state index contributed by atoms with van der Waals surface area (Å²) in [6, 6.07) is 3.91. The first-order valence-corrected chi connectivity index (χ1v) is 9.15. The van der Waals surface area contributed by atoms with Crippen LogP contribution in [0.2, 0.25) is 0 Å². The van der Waals surface area contributed by atoms with E-state index < -0.39 is 5.97 Å². The lowest BCUT2D eigenvalue weighted by molar-refractivity contribution is -0.136. The number of carboxylic acids is 1. The minimum Gasteiger partial charge on any atom is -0.481 e. The molecule has 1 N–H and O–H groups in total. The number of aliphatic carboxylic acids is 1. The zero-order valence-corrected chi connectivity index (χ0v) is 13.3. The van der Waals surface area contributed by atoms with E-state index in [4.69, 9.17) is 10.1 Å². The van der Waals surface area contributed by atoms with Gasteiger partial charge in [-0.25, -0.2) is 4.98 Å². The number of thiazole rings is 1. The van der Waals surface area contributed by atoms with Crippen molar-refractivity contribution >= 4 is 28.6 Å². The molecule has 2 aliphatic rings. The van der Waals surface area contributed by atoms with Crippen LogP contribution < -0.4 is 0 Å². The summed E-state index contributed by atoms with van der Waals surface area (Å²) < 4.78 is 0. The van der Waals surface area contributed by atoms with Crippen LogP contribution in [0, 0.1) is 11.8 Å². The zero-order valence-electron chi connectivity index (χ0n) is 11.6. The second-order valence-electron chi connectivity index (χ2n) is 6.19. The number of carboxylic acid groups (broad SMARTS) is 1. The molecule has 2 fully saturated rings. The molecule has 0 radical (unpaired) electrons. The van der Waals surface area contributed by atoms with E-state index in [-0.39, 0.29) is 6.42 Å². The van der Waals surface area contributed by atoms with Crippen molar-refractivity contribution in [2.24, 2.45) is 11.8 Å². The zero-order chi connectivity index (χ0) is 14.4. The Morgan fingerprint density at radius 1 is 1.33 bits per heavy atom. The van der Waals surface area contributed by atoms with Crippen molar-refractivity contribution in [2.75, 3.05) is 0 Å². The molecular weight excluding hydrogens is 302 g/mol.